The van der Waals surface area contributed by atoms with Crippen LogP contribution in [0.15, 0.2) is 41.5 Å². The molecule has 0 amide bonds. The molecule has 108 valence electrons. The summed E-state index contributed by atoms with van der Waals surface area (Å²) < 4.78 is 0. The van der Waals surface area contributed by atoms with Crippen LogP contribution >= 0.6 is 0 Å². The molecule has 1 aromatic rings. The average molecular weight is 268 g/mol. The summed E-state index contributed by atoms with van der Waals surface area (Å²) in [5.74, 6) is 0.640. The summed E-state index contributed by atoms with van der Waals surface area (Å²) >= 11 is 0. The van der Waals surface area contributed by atoms with E-state index >= 15 is 0 Å². The average Bonchev–Trinajstić information content (AvgIpc) is 2.45. The van der Waals surface area contributed by atoms with Crippen LogP contribution in [0.4, 0.5) is 0 Å². The van der Waals surface area contributed by atoms with Gasteiger partial charge in [-0.2, -0.15) is 0 Å². The molecule has 2 rings (SSSR count). The van der Waals surface area contributed by atoms with Crippen molar-refractivity contribution in [2.45, 2.75) is 59.8 Å². The Kier molecular flexibility index (Phi) is 5.23. The fourth-order valence-corrected chi connectivity index (χ4v) is 3.26. The first-order valence-corrected chi connectivity index (χ1v) is 8.13. The van der Waals surface area contributed by atoms with Gasteiger partial charge in [-0.3, -0.25) is 0 Å². The zero-order valence-corrected chi connectivity index (χ0v) is 13.5. The Morgan fingerprint density at radius 1 is 1.15 bits per heavy atom. The van der Waals surface area contributed by atoms with E-state index in [1.807, 2.05) is 0 Å². The van der Waals surface area contributed by atoms with Crippen molar-refractivity contribution in [3.8, 4) is 0 Å². The molecule has 1 aliphatic carbocycles. The van der Waals surface area contributed by atoms with E-state index in [4.69, 9.17) is 0 Å². The third-order valence-electron chi connectivity index (χ3n) is 4.34. The molecule has 1 aromatic carbocycles. The van der Waals surface area contributed by atoms with Crippen molar-refractivity contribution >= 4 is 5.57 Å². The number of hydrogen-bond acceptors (Lipinski definition) is 0. The minimum Gasteiger partial charge on any atom is -0.0804 e. The van der Waals surface area contributed by atoms with Gasteiger partial charge in [-0.15, -0.1) is 0 Å². The van der Waals surface area contributed by atoms with E-state index in [9.17, 15) is 0 Å². The van der Waals surface area contributed by atoms with Crippen LogP contribution in [-0.2, 0) is 0 Å². The highest BCUT2D eigenvalue weighted by Gasteiger charge is 2.19. The Balaban J connectivity index is 2.48. The summed E-state index contributed by atoms with van der Waals surface area (Å²) in [6.07, 6.45) is 8.71. The van der Waals surface area contributed by atoms with Gasteiger partial charge in [0.2, 0.25) is 0 Å². The lowest BCUT2D eigenvalue weighted by atomic mass is 9.79. The molecule has 20 heavy (non-hydrogen) atoms. The Morgan fingerprint density at radius 2 is 1.90 bits per heavy atom. The normalized spacial score (nSPS) is 15.8. The molecule has 0 bridgehead atoms. The van der Waals surface area contributed by atoms with E-state index < -0.39 is 0 Å². The lowest BCUT2D eigenvalue weighted by molar-refractivity contribution is 0.715. The van der Waals surface area contributed by atoms with Crippen LogP contribution in [-0.4, -0.2) is 0 Å². The van der Waals surface area contributed by atoms with Gasteiger partial charge in [0.1, 0.15) is 0 Å². The van der Waals surface area contributed by atoms with Crippen molar-refractivity contribution in [3.05, 3.63) is 52.6 Å². The first-order valence-electron chi connectivity index (χ1n) is 8.13. The SMILES string of the molecule is CCCCC1=C(c2ccccc2C)CCC=C1C(C)C. The summed E-state index contributed by atoms with van der Waals surface area (Å²) in [5, 5.41) is 0. The highest BCUT2D eigenvalue weighted by Crippen LogP contribution is 2.39. The van der Waals surface area contributed by atoms with Gasteiger partial charge in [-0.05, 0) is 66.4 Å². The van der Waals surface area contributed by atoms with Crippen molar-refractivity contribution in [2.24, 2.45) is 5.92 Å². The van der Waals surface area contributed by atoms with Gasteiger partial charge in [-0.1, -0.05) is 57.5 Å². The topological polar surface area (TPSA) is 0 Å². The minimum absolute atomic E-state index is 0.640. The van der Waals surface area contributed by atoms with Crippen LogP contribution in [0.25, 0.3) is 5.57 Å². The van der Waals surface area contributed by atoms with E-state index in [0.717, 1.165) is 0 Å². The number of unbranched alkanes of at least 4 members (excludes halogenated alkanes) is 1. The number of rotatable bonds is 5. The molecule has 0 heteroatoms. The molecule has 0 unspecified atom stereocenters. The Bertz CT molecular complexity index is 515. The molecule has 1 aliphatic rings. The Labute approximate surface area is 124 Å². The predicted octanol–water partition coefficient (Wildman–Crippen LogP) is 6.32. The van der Waals surface area contributed by atoms with Gasteiger partial charge < -0.3 is 0 Å². The lowest BCUT2D eigenvalue weighted by Gasteiger charge is -2.26. The van der Waals surface area contributed by atoms with Crippen LogP contribution in [0.1, 0.15) is 64.0 Å². The molecule has 0 radical (unpaired) electrons. The van der Waals surface area contributed by atoms with Gasteiger partial charge in [0.05, 0.1) is 0 Å². The highest BCUT2D eigenvalue weighted by molar-refractivity contribution is 5.75. The molecule has 0 spiro atoms. The Hall–Kier alpha value is -1.30. The third kappa shape index (κ3) is 3.23. The maximum absolute atomic E-state index is 2.48. The molecule has 0 nitrogen and oxygen atoms in total. The van der Waals surface area contributed by atoms with E-state index in [0.29, 0.717) is 5.92 Å². The van der Waals surface area contributed by atoms with Crippen LogP contribution in [0.3, 0.4) is 0 Å². The molecule has 0 saturated heterocycles. The fraction of sp³-hybridized carbons (Fsp3) is 0.500. The number of aryl methyl sites for hydroxylation is 1. The van der Waals surface area contributed by atoms with Crippen molar-refractivity contribution in [1.82, 2.24) is 0 Å². The predicted molar refractivity (Wildman–Crippen MR) is 89.8 cm³/mol. The second kappa shape index (κ2) is 6.92. The zero-order chi connectivity index (χ0) is 14.5. The summed E-state index contributed by atoms with van der Waals surface area (Å²) in [7, 11) is 0. The summed E-state index contributed by atoms with van der Waals surface area (Å²) in [4.78, 5) is 0. The van der Waals surface area contributed by atoms with E-state index in [1.54, 1.807) is 16.7 Å². The fourth-order valence-electron chi connectivity index (χ4n) is 3.26. The van der Waals surface area contributed by atoms with Crippen molar-refractivity contribution in [1.29, 1.82) is 0 Å². The molecule has 0 heterocycles. The molecule has 0 saturated carbocycles. The number of hydrogen-bond donors (Lipinski definition) is 0. The van der Waals surface area contributed by atoms with E-state index in [1.165, 1.54) is 43.2 Å². The van der Waals surface area contributed by atoms with Gasteiger partial charge in [-0.25, -0.2) is 0 Å². The molecular weight excluding hydrogens is 240 g/mol. The maximum Gasteiger partial charge on any atom is -0.0192 e. The molecule has 0 fully saturated rings. The lowest BCUT2D eigenvalue weighted by Crippen LogP contribution is -2.07. The van der Waals surface area contributed by atoms with Crippen LogP contribution in [0.2, 0.25) is 0 Å². The summed E-state index contributed by atoms with van der Waals surface area (Å²) in [6, 6.07) is 8.88. The monoisotopic (exact) mass is 268 g/mol. The minimum atomic E-state index is 0.640. The first kappa shape index (κ1) is 15.1. The molecule has 0 atom stereocenters. The van der Waals surface area contributed by atoms with Crippen molar-refractivity contribution in [3.63, 3.8) is 0 Å². The zero-order valence-electron chi connectivity index (χ0n) is 13.5. The summed E-state index contributed by atoms with van der Waals surface area (Å²) in [5.41, 5.74) is 7.75. The van der Waals surface area contributed by atoms with E-state index in [-0.39, 0.29) is 0 Å². The second-order valence-corrected chi connectivity index (χ2v) is 6.23. The van der Waals surface area contributed by atoms with E-state index in [2.05, 4.69) is 58.0 Å². The standard InChI is InChI=1S/C20H28/c1-5-6-11-19-17(15(2)3)13-9-14-20(19)18-12-8-7-10-16(18)4/h7-8,10,12-13,15H,5-6,9,11,14H2,1-4H3. The Morgan fingerprint density at radius 3 is 2.55 bits per heavy atom. The van der Waals surface area contributed by atoms with Crippen LogP contribution in [0, 0.1) is 12.8 Å². The van der Waals surface area contributed by atoms with Gasteiger partial charge in [0.25, 0.3) is 0 Å². The third-order valence-corrected chi connectivity index (χ3v) is 4.34. The molecule has 0 N–H and O–H groups in total. The van der Waals surface area contributed by atoms with Crippen LogP contribution < -0.4 is 0 Å². The van der Waals surface area contributed by atoms with Crippen molar-refractivity contribution in [2.75, 3.05) is 0 Å². The van der Waals surface area contributed by atoms with Crippen molar-refractivity contribution < 1.29 is 0 Å². The summed E-state index contributed by atoms with van der Waals surface area (Å²) in [6.45, 7) is 9.19. The van der Waals surface area contributed by atoms with Crippen LogP contribution in [0.5, 0.6) is 0 Å². The van der Waals surface area contributed by atoms with Gasteiger partial charge in [0.15, 0.2) is 0 Å². The molecule has 0 aromatic heterocycles. The quantitative estimate of drug-likeness (QED) is 0.586. The maximum atomic E-state index is 2.48. The smallest absolute Gasteiger partial charge is 0.0192 e. The van der Waals surface area contributed by atoms with Gasteiger partial charge >= 0.3 is 0 Å². The highest BCUT2D eigenvalue weighted by atomic mass is 14.2. The number of allylic oxidation sites excluding steroid dienone is 4. The molecule has 0 aliphatic heterocycles. The van der Waals surface area contributed by atoms with Gasteiger partial charge in [0, 0.05) is 0 Å². The largest absolute Gasteiger partial charge is 0.0804 e. The first-order chi connectivity index (χ1) is 9.65. The number of benzene rings is 1. The molecular formula is C20H28. The second-order valence-electron chi connectivity index (χ2n) is 6.23.